The van der Waals surface area contributed by atoms with E-state index in [1.807, 2.05) is 6.07 Å². The fourth-order valence-corrected chi connectivity index (χ4v) is 3.21. The van der Waals surface area contributed by atoms with Crippen LogP contribution in [0.15, 0.2) is 83.6 Å². The maximum absolute atomic E-state index is 5.69. The summed E-state index contributed by atoms with van der Waals surface area (Å²) in [5, 5.41) is 0. The van der Waals surface area contributed by atoms with Crippen LogP contribution in [0.2, 0.25) is 0 Å². The monoisotopic (exact) mass is 316 g/mol. The maximum atomic E-state index is 5.69. The lowest BCUT2D eigenvalue weighted by Gasteiger charge is -2.11. The van der Waals surface area contributed by atoms with Gasteiger partial charge in [-0.25, -0.2) is 0 Å². The molecule has 24 heavy (non-hydrogen) atoms. The molecule has 1 atom stereocenters. The summed E-state index contributed by atoms with van der Waals surface area (Å²) in [6, 6.07) is 21.0. The van der Waals surface area contributed by atoms with E-state index in [2.05, 4.69) is 79.7 Å². The molecule has 0 spiro atoms. The van der Waals surface area contributed by atoms with Gasteiger partial charge in [0.15, 0.2) is 0 Å². The summed E-state index contributed by atoms with van der Waals surface area (Å²) < 4.78 is 5.69. The Morgan fingerprint density at radius 1 is 0.875 bits per heavy atom. The summed E-state index contributed by atoms with van der Waals surface area (Å²) in [6.45, 7) is 2.25. The van der Waals surface area contributed by atoms with E-state index in [-0.39, 0.29) is 0 Å². The van der Waals surface area contributed by atoms with Crippen LogP contribution in [0.4, 0.5) is 0 Å². The molecule has 1 nitrogen and oxygen atoms in total. The van der Waals surface area contributed by atoms with Gasteiger partial charge in [0.2, 0.25) is 0 Å². The Morgan fingerprint density at radius 3 is 2.04 bits per heavy atom. The van der Waals surface area contributed by atoms with Gasteiger partial charge in [-0.15, -0.1) is 0 Å². The van der Waals surface area contributed by atoms with E-state index in [4.69, 9.17) is 4.74 Å². The molecule has 3 rings (SSSR count). The molecule has 0 radical (unpaired) electrons. The van der Waals surface area contributed by atoms with Crippen molar-refractivity contribution in [2.75, 3.05) is 7.11 Å². The first-order chi connectivity index (χ1) is 11.7. The van der Waals surface area contributed by atoms with Crippen molar-refractivity contribution in [1.82, 2.24) is 0 Å². The second kappa shape index (κ2) is 7.83. The smallest absolute Gasteiger partial charge is 0.118 e. The van der Waals surface area contributed by atoms with E-state index in [0.29, 0.717) is 5.92 Å². The lowest BCUT2D eigenvalue weighted by molar-refractivity contribution is 0.297. The number of rotatable bonds is 3. The van der Waals surface area contributed by atoms with Crippen molar-refractivity contribution in [2.45, 2.75) is 19.8 Å². The van der Waals surface area contributed by atoms with Crippen LogP contribution in [-0.2, 0) is 4.74 Å². The van der Waals surface area contributed by atoms with Gasteiger partial charge in [0, 0.05) is 0 Å². The quantitative estimate of drug-likeness (QED) is 0.663. The summed E-state index contributed by atoms with van der Waals surface area (Å²) in [5.41, 5.74) is 5.16. The fraction of sp³-hybridized carbons (Fsp3) is 0.217. The highest BCUT2D eigenvalue weighted by atomic mass is 16.5. The second-order valence-electron chi connectivity index (χ2n) is 6.39. The SMILES string of the molecule is COC1=CC(C)C/C(=C/c2ccccc2)C/C1=C/c1ccccc1. The van der Waals surface area contributed by atoms with Crippen molar-refractivity contribution >= 4 is 12.2 Å². The van der Waals surface area contributed by atoms with Crippen molar-refractivity contribution in [3.05, 3.63) is 94.8 Å². The molecule has 122 valence electrons. The molecular weight excluding hydrogens is 292 g/mol. The highest BCUT2D eigenvalue weighted by molar-refractivity contribution is 5.61. The van der Waals surface area contributed by atoms with Crippen molar-refractivity contribution in [3.63, 3.8) is 0 Å². The minimum absolute atomic E-state index is 0.469. The third-order valence-electron chi connectivity index (χ3n) is 4.28. The van der Waals surface area contributed by atoms with Gasteiger partial charge < -0.3 is 4.74 Å². The van der Waals surface area contributed by atoms with Gasteiger partial charge in [0.25, 0.3) is 0 Å². The van der Waals surface area contributed by atoms with Crippen LogP contribution in [0.1, 0.15) is 30.9 Å². The van der Waals surface area contributed by atoms with Gasteiger partial charge in [-0.1, -0.05) is 79.2 Å². The van der Waals surface area contributed by atoms with Crippen LogP contribution in [0.5, 0.6) is 0 Å². The molecule has 1 unspecified atom stereocenters. The number of benzene rings is 2. The van der Waals surface area contributed by atoms with Crippen molar-refractivity contribution in [3.8, 4) is 0 Å². The largest absolute Gasteiger partial charge is 0.497 e. The molecule has 2 aromatic rings. The summed E-state index contributed by atoms with van der Waals surface area (Å²) in [5.74, 6) is 1.47. The van der Waals surface area contributed by atoms with Crippen LogP contribution >= 0.6 is 0 Å². The molecule has 0 bridgehead atoms. The van der Waals surface area contributed by atoms with Crippen LogP contribution in [-0.4, -0.2) is 7.11 Å². The summed E-state index contributed by atoms with van der Waals surface area (Å²) in [7, 11) is 1.77. The highest BCUT2D eigenvalue weighted by Gasteiger charge is 2.17. The molecule has 0 saturated heterocycles. The minimum Gasteiger partial charge on any atom is -0.497 e. The first kappa shape index (κ1) is 16.3. The number of hydrogen-bond acceptors (Lipinski definition) is 1. The molecule has 0 heterocycles. The molecule has 0 aliphatic heterocycles. The molecule has 0 amide bonds. The summed E-state index contributed by atoms with van der Waals surface area (Å²) in [6.07, 6.45) is 8.80. The van der Waals surface area contributed by atoms with Gasteiger partial charge in [0.1, 0.15) is 5.76 Å². The third kappa shape index (κ3) is 4.26. The predicted molar refractivity (Wildman–Crippen MR) is 102 cm³/mol. The number of methoxy groups -OCH3 is 1. The van der Waals surface area contributed by atoms with Crippen LogP contribution < -0.4 is 0 Å². The van der Waals surface area contributed by atoms with Gasteiger partial charge in [-0.2, -0.15) is 0 Å². The zero-order valence-corrected chi connectivity index (χ0v) is 14.4. The first-order valence-corrected chi connectivity index (χ1v) is 8.51. The van der Waals surface area contributed by atoms with Gasteiger partial charge in [0.05, 0.1) is 7.11 Å². The number of ether oxygens (including phenoxy) is 1. The van der Waals surface area contributed by atoms with E-state index in [9.17, 15) is 0 Å². The van der Waals surface area contributed by atoms with Gasteiger partial charge >= 0.3 is 0 Å². The van der Waals surface area contributed by atoms with Gasteiger partial charge in [-0.05, 0) is 47.6 Å². The topological polar surface area (TPSA) is 9.23 Å². The zero-order chi connectivity index (χ0) is 16.8. The lowest BCUT2D eigenvalue weighted by atomic mass is 9.97. The third-order valence-corrected chi connectivity index (χ3v) is 4.28. The highest BCUT2D eigenvalue weighted by Crippen LogP contribution is 2.33. The zero-order valence-electron chi connectivity index (χ0n) is 14.4. The molecule has 1 aliphatic rings. The second-order valence-corrected chi connectivity index (χ2v) is 6.39. The Labute approximate surface area is 145 Å². The van der Waals surface area contributed by atoms with Gasteiger partial charge in [-0.3, -0.25) is 0 Å². The molecule has 0 fully saturated rings. The predicted octanol–water partition coefficient (Wildman–Crippen LogP) is 6.11. The summed E-state index contributed by atoms with van der Waals surface area (Å²) in [4.78, 5) is 0. The molecule has 0 N–H and O–H groups in total. The first-order valence-electron chi connectivity index (χ1n) is 8.51. The Bertz CT molecular complexity index is 751. The van der Waals surface area contributed by atoms with Crippen molar-refractivity contribution < 1.29 is 4.74 Å². The Kier molecular flexibility index (Phi) is 5.32. The fourth-order valence-electron chi connectivity index (χ4n) is 3.21. The van der Waals surface area contributed by atoms with Crippen LogP contribution in [0.3, 0.4) is 0 Å². The minimum atomic E-state index is 0.469. The Hall–Kier alpha value is -2.54. The van der Waals surface area contributed by atoms with Crippen LogP contribution in [0, 0.1) is 5.92 Å². The maximum Gasteiger partial charge on any atom is 0.118 e. The standard InChI is InChI=1S/C23H24O/c1-18-13-21(15-19-9-5-3-6-10-19)17-22(23(14-18)24-2)16-20-11-7-4-8-12-20/h3-12,14-16,18H,13,17H2,1-2H3/b21-15-,22-16-. The molecule has 0 aromatic heterocycles. The number of hydrogen-bond donors (Lipinski definition) is 0. The van der Waals surface area contributed by atoms with E-state index in [0.717, 1.165) is 18.6 Å². The molecule has 1 aliphatic carbocycles. The normalized spacial score (nSPS) is 21.4. The molecule has 1 heteroatoms. The molecular formula is C23H24O. The average molecular weight is 316 g/mol. The van der Waals surface area contributed by atoms with E-state index in [1.54, 1.807) is 7.11 Å². The van der Waals surface area contributed by atoms with Crippen molar-refractivity contribution in [2.24, 2.45) is 5.92 Å². The average Bonchev–Trinajstić information content (AvgIpc) is 2.75. The summed E-state index contributed by atoms with van der Waals surface area (Å²) >= 11 is 0. The van der Waals surface area contributed by atoms with E-state index < -0.39 is 0 Å². The van der Waals surface area contributed by atoms with E-state index >= 15 is 0 Å². The Balaban J connectivity index is 1.96. The van der Waals surface area contributed by atoms with Crippen molar-refractivity contribution in [1.29, 1.82) is 0 Å². The van der Waals surface area contributed by atoms with E-state index in [1.165, 1.54) is 22.3 Å². The van der Waals surface area contributed by atoms with Crippen LogP contribution in [0.25, 0.3) is 12.2 Å². The molecule has 0 saturated carbocycles. The molecule has 2 aromatic carbocycles. The Morgan fingerprint density at radius 2 is 1.46 bits per heavy atom. The number of allylic oxidation sites excluding steroid dienone is 3. The lowest BCUT2D eigenvalue weighted by Crippen LogP contribution is -1.93.